The fourth-order valence-electron chi connectivity index (χ4n) is 4.09. The molecule has 0 unspecified atom stereocenters. The van der Waals surface area contributed by atoms with E-state index in [1.165, 1.54) is 11.3 Å². The second kappa shape index (κ2) is 10.4. The van der Waals surface area contributed by atoms with Crippen LogP contribution in [0.15, 0.2) is 73.2 Å². The number of pyridine rings is 2. The molecule has 1 aromatic carbocycles. The Morgan fingerprint density at radius 1 is 0.938 bits per heavy atom. The second-order valence-corrected chi connectivity index (χ2v) is 8.33. The normalized spacial score (nSPS) is 15.0. The number of halogens is 1. The standard InChI is InChI=1S/C25H25ClN4O2/c26-19-9-11-21(12-10-19)30(25(32)22-8-4-5-15-28-22)23(18-13-16-27-17-14-18)24(31)29-20-6-2-1-3-7-20/h4-5,8-17,20,23H,1-3,6-7H2,(H,29,31)/t23-/m1/s1. The maximum atomic E-state index is 13.7. The van der Waals surface area contributed by atoms with Crippen molar-refractivity contribution in [2.45, 2.75) is 44.2 Å². The third-order valence-corrected chi connectivity index (χ3v) is 5.94. The first kappa shape index (κ1) is 22.0. The van der Waals surface area contributed by atoms with E-state index in [2.05, 4.69) is 15.3 Å². The van der Waals surface area contributed by atoms with E-state index in [0.717, 1.165) is 25.7 Å². The molecular weight excluding hydrogens is 424 g/mol. The van der Waals surface area contributed by atoms with Gasteiger partial charge in [0.25, 0.3) is 5.91 Å². The molecule has 7 heteroatoms. The summed E-state index contributed by atoms with van der Waals surface area (Å²) < 4.78 is 0. The van der Waals surface area contributed by atoms with Crippen LogP contribution in [-0.2, 0) is 4.79 Å². The van der Waals surface area contributed by atoms with Crippen LogP contribution in [0, 0.1) is 0 Å². The molecule has 1 atom stereocenters. The summed E-state index contributed by atoms with van der Waals surface area (Å²) in [5, 5.41) is 3.73. The van der Waals surface area contributed by atoms with Crippen LogP contribution in [0.3, 0.4) is 0 Å². The van der Waals surface area contributed by atoms with Crippen LogP contribution in [0.5, 0.6) is 0 Å². The summed E-state index contributed by atoms with van der Waals surface area (Å²) in [7, 11) is 0. The van der Waals surface area contributed by atoms with Crippen molar-refractivity contribution in [2.75, 3.05) is 4.90 Å². The zero-order valence-corrected chi connectivity index (χ0v) is 18.4. The van der Waals surface area contributed by atoms with Gasteiger partial charge < -0.3 is 5.32 Å². The number of anilines is 1. The zero-order valence-electron chi connectivity index (χ0n) is 17.7. The number of amides is 2. The lowest BCUT2D eigenvalue weighted by molar-refractivity contribution is -0.123. The topological polar surface area (TPSA) is 75.2 Å². The van der Waals surface area contributed by atoms with E-state index in [0.29, 0.717) is 16.3 Å². The molecule has 2 aromatic heterocycles. The van der Waals surface area contributed by atoms with Crippen LogP contribution in [-0.4, -0.2) is 27.8 Å². The molecular formula is C25H25ClN4O2. The van der Waals surface area contributed by atoms with Gasteiger partial charge in [-0.2, -0.15) is 0 Å². The van der Waals surface area contributed by atoms with Crippen molar-refractivity contribution in [3.05, 3.63) is 89.5 Å². The van der Waals surface area contributed by atoms with Crippen molar-refractivity contribution in [1.82, 2.24) is 15.3 Å². The molecule has 1 aliphatic carbocycles. The highest BCUT2D eigenvalue weighted by Gasteiger charge is 2.35. The summed E-state index contributed by atoms with van der Waals surface area (Å²) in [6.45, 7) is 0. The van der Waals surface area contributed by atoms with Crippen molar-refractivity contribution in [1.29, 1.82) is 0 Å². The molecule has 2 amide bonds. The average Bonchev–Trinajstić information content (AvgIpc) is 2.84. The van der Waals surface area contributed by atoms with Crippen LogP contribution in [0.2, 0.25) is 5.02 Å². The van der Waals surface area contributed by atoms with Crippen LogP contribution >= 0.6 is 11.6 Å². The Labute approximate surface area is 192 Å². The monoisotopic (exact) mass is 448 g/mol. The lowest BCUT2D eigenvalue weighted by Gasteiger charge is -2.33. The summed E-state index contributed by atoms with van der Waals surface area (Å²) in [6, 6.07) is 14.8. The molecule has 1 N–H and O–H groups in total. The average molecular weight is 449 g/mol. The Morgan fingerprint density at radius 2 is 1.66 bits per heavy atom. The summed E-state index contributed by atoms with van der Waals surface area (Å²) in [6.07, 6.45) is 10.1. The zero-order chi connectivity index (χ0) is 22.3. The first-order valence-corrected chi connectivity index (χ1v) is 11.2. The summed E-state index contributed by atoms with van der Waals surface area (Å²) >= 11 is 6.10. The molecule has 164 valence electrons. The molecule has 4 rings (SSSR count). The molecule has 0 spiro atoms. The Bertz CT molecular complexity index is 1040. The predicted molar refractivity (Wildman–Crippen MR) is 124 cm³/mol. The van der Waals surface area contributed by atoms with Gasteiger partial charge in [0.2, 0.25) is 5.91 Å². The van der Waals surface area contributed by atoms with Gasteiger partial charge in [-0.1, -0.05) is 36.9 Å². The molecule has 1 saturated carbocycles. The number of carbonyl (C=O) groups is 2. The van der Waals surface area contributed by atoms with Crippen molar-refractivity contribution >= 4 is 29.1 Å². The molecule has 1 aliphatic rings. The van der Waals surface area contributed by atoms with Crippen LogP contribution < -0.4 is 10.2 Å². The van der Waals surface area contributed by atoms with Crippen LogP contribution in [0.25, 0.3) is 0 Å². The second-order valence-electron chi connectivity index (χ2n) is 7.89. The number of carbonyl (C=O) groups excluding carboxylic acids is 2. The van der Waals surface area contributed by atoms with Gasteiger partial charge in [-0.25, -0.2) is 0 Å². The quantitative estimate of drug-likeness (QED) is 0.577. The maximum absolute atomic E-state index is 13.7. The molecule has 1 fully saturated rings. The molecule has 0 bridgehead atoms. The predicted octanol–water partition coefficient (Wildman–Crippen LogP) is 4.97. The first-order valence-electron chi connectivity index (χ1n) is 10.8. The van der Waals surface area contributed by atoms with Crippen LogP contribution in [0.4, 0.5) is 5.69 Å². The molecule has 6 nitrogen and oxygen atoms in total. The van der Waals surface area contributed by atoms with E-state index in [9.17, 15) is 9.59 Å². The molecule has 32 heavy (non-hydrogen) atoms. The molecule has 0 saturated heterocycles. The first-order chi connectivity index (χ1) is 15.6. The highest BCUT2D eigenvalue weighted by molar-refractivity contribution is 6.30. The fourth-order valence-corrected chi connectivity index (χ4v) is 4.21. The van der Waals surface area contributed by atoms with Crippen molar-refractivity contribution in [2.24, 2.45) is 0 Å². The van der Waals surface area contributed by atoms with Crippen LogP contribution in [0.1, 0.15) is 54.2 Å². The van der Waals surface area contributed by atoms with Crippen molar-refractivity contribution in [3.8, 4) is 0 Å². The minimum atomic E-state index is -0.879. The molecule has 3 aromatic rings. The van der Waals surface area contributed by atoms with Gasteiger partial charge in [0.1, 0.15) is 11.7 Å². The van der Waals surface area contributed by atoms with Gasteiger partial charge in [0.05, 0.1) is 0 Å². The summed E-state index contributed by atoms with van der Waals surface area (Å²) in [4.78, 5) is 37.1. The number of benzene rings is 1. The number of aromatic nitrogens is 2. The lowest BCUT2D eigenvalue weighted by atomic mass is 9.94. The van der Waals surface area contributed by atoms with Crippen molar-refractivity contribution < 1.29 is 9.59 Å². The van der Waals surface area contributed by atoms with E-state index in [1.54, 1.807) is 73.2 Å². The number of hydrogen-bond acceptors (Lipinski definition) is 4. The van der Waals surface area contributed by atoms with Gasteiger partial charge in [-0.15, -0.1) is 0 Å². The number of rotatable bonds is 6. The Kier molecular flexibility index (Phi) is 7.12. The van der Waals surface area contributed by atoms with E-state index >= 15 is 0 Å². The Morgan fingerprint density at radius 3 is 2.31 bits per heavy atom. The fraction of sp³-hybridized carbons (Fsp3) is 0.280. The van der Waals surface area contributed by atoms with Gasteiger partial charge in [-0.3, -0.25) is 24.5 Å². The van der Waals surface area contributed by atoms with E-state index in [-0.39, 0.29) is 23.6 Å². The summed E-state index contributed by atoms with van der Waals surface area (Å²) in [5.74, 6) is -0.587. The molecule has 0 radical (unpaired) electrons. The maximum Gasteiger partial charge on any atom is 0.277 e. The largest absolute Gasteiger partial charge is 0.351 e. The van der Waals surface area contributed by atoms with E-state index < -0.39 is 6.04 Å². The number of nitrogens with zero attached hydrogens (tertiary/aromatic N) is 3. The SMILES string of the molecule is O=C(NC1CCCCC1)[C@@H](c1ccncc1)N(C(=O)c1ccccn1)c1ccc(Cl)cc1. The van der Waals surface area contributed by atoms with Gasteiger partial charge in [-0.05, 0) is 66.9 Å². The Hall–Kier alpha value is -3.25. The number of hydrogen-bond donors (Lipinski definition) is 1. The minimum Gasteiger partial charge on any atom is -0.351 e. The molecule has 0 aliphatic heterocycles. The summed E-state index contributed by atoms with van der Waals surface area (Å²) in [5.41, 5.74) is 1.49. The Balaban J connectivity index is 1.77. The third-order valence-electron chi connectivity index (χ3n) is 5.69. The smallest absolute Gasteiger partial charge is 0.277 e. The van der Waals surface area contributed by atoms with Gasteiger partial charge in [0, 0.05) is 35.3 Å². The molecule has 2 heterocycles. The van der Waals surface area contributed by atoms with Crippen molar-refractivity contribution in [3.63, 3.8) is 0 Å². The van der Waals surface area contributed by atoms with E-state index in [4.69, 9.17) is 11.6 Å². The van der Waals surface area contributed by atoms with Gasteiger partial charge in [0.15, 0.2) is 0 Å². The lowest BCUT2D eigenvalue weighted by Crippen LogP contribution is -2.47. The third kappa shape index (κ3) is 5.14. The number of nitrogens with one attached hydrogen (secondary N) is 1. The minimum absolute atomic E-state index is 0.109. The van der Waals surface area contributed by atoms with Gasteiger partial charge >= 0.3 is 0 Å². The highest BCUT2D eigenvalue weighted by atomic mass is 35.5. The highest BCUT2D eigenvalue weighted by Crippen LogP contribution is 2.31. The van der Waals surface area contributed by atoms with E-state index in [1.807, 2.05) is 0 Å².